The van der Waals surface area contributed by atoms with Crippen molar-refractivity contribution in [2.24, 2.45) is 5.73 Å². The number of rotatable bonds is 6. The van der Waals surface area contributed by atoms with Gasteiger partial charge in [0, 0.05) is 11.4 Å². The molecule has 2 atom stereocenters. The third-order valence-corrected chi connectivity index (χ3v) is 5.84. The molecule has 1 fully saturated rings. The SMILES string of the molecule is NC(=O)C[C@H](NC(=O)c1ccccc1Cl)C(=O)N1CCC[C@H]1c1cccs1. The van der Waals surface area contributed by atoms with E-state index in [0.29, 0.717) is 6.54 Å². The van der Waals surface area contributed by atoms with Crippen molar-refractivity contribution in [1.82, 2.24) is 10.2 Å². The summed E-state index contributed by atoms with van der Waals surface area (Å²) in [6.07, 6.45) is 1.47. The van der Waals surface area contributed by atoms with Crippen molar-refractivity contribution in [3.05, 3.63) is 57.2 Å². The lowest BCUT2D eigenvalue weighted by Gasteiger charge is -2.28. The number of hydrogen-bond acceptors (Lipinski definition) is 4. The Morgan fingerprint density at radius 1 is 1.26 bits per heavy atom. The standard InChI is InChI=1S/C19H20ClN3O3S/c20-13-6-2-1-5-12(13)18(25)22-14(11-17(21)24)19(26)23-9-3-7-15(23)16-8-4-10-27-16/h1-2,4-6,8,10,14-15H,3,7,9,11H2,(H2,21,24)(H,22,25)/t14-,15-/m0/s1. The number of carbonyl (C=O) groups is 3. The second-order valence-corrected chi connectivity index (χ2v) is 7.77. The van der Waals surface area contributed by atoms with Gasteiger partial charge in [0.05, 0.1) is 23.0 Å². The summed E-state index contributed by atoms with van der Waals surface area (Å²) in [6.45, 7) is 0.582. The summed E-state index contributed by atoms with van der Waals surface area (Å²) in [5.41, 5.74) is 5.57. The van der Waals surface area contributed by atoms with Crippen molar-refractivity contribution >= 4 is 40.7 Å². The summed E-state index contributed by atoms with van der Waals surface area (Å²) in [7, 11) is 0. The van der Waals surface area contributed by atoms with Crippen molar-refractivity contribution in [2.45, 2.75) is 31.3 Å². The second-order valence-electron chi connectivity index (χ2n) is 6.38. The molecule has 27 heavy (non-hydrogen) atoms. The predicted molar refractivity (Wildman–Crippen MR) is 105 cm³/mol. The molecule has 0 unspecified atom stereocenters. The lowest BCUT2D eigenvalue weighted by atomic mass is 10.1. The molecule has 1 aliphatic heterocycles. The zero-order chi connectivity index (χ0) is 19.4. The molecule has 3 amide bonds. The minimum absolute atomic E-state index is 0.0370. The van der Waals surface area contributed by atoms with Crippen LogP contribution in [0, 0.1) is 0 Å². The van der Waals surface area contributed by atoms with Crippen molar-refractivity contribution < 1.29 is 14.4 Å². The molecule has 2 aromatic rings. The molecular weight excluding hydrogens is 386 g/mol. The highest BCUT2D eigenvalue weighted by Gasteiger charge is 2.36. The maximum absolute atomic E-state index is 13.1. The van der Waals surface area contributed by atoms with Gasteiger partial charge in [0.25, 0.3) is 5.91 Å². The highest BCUT2D eigenvalue weighted by Crippen LogP contribution is 2.35. The van der Waals surface area contributed by atoms with Crippen LogP contribution < -0.4 is 11.1 Å². The molecule has 0 bridgehead atoms. The fourth-order valence-corrected chi connectivity index (χ4v) is 4.39. The van der Waals surface area contributed by atoms with Crippen molar-refractivity contribution in [2.75, 3.05) is 6.54 Å². The molecule has 0 aliphatic carbocycles. The van der Waals surface area contributed by atoms with Crippen molar-refractivity contribution in [3.8, 4) is 0 Å². The Labute approximate surface area is 166 Å². The number of amides is 3. The normalized spacial score (nSPS) is 17.5. The van der Waals surface area contributed by atoms with Gasteiger partial charge in [-0.25, -0.2) is 0 Å². The Morgan fingerprint density at radius 2 is 2.04 bits per heavy atom. The van der Waals surface area contributed by atoms with Gasteiger partial charge in [0.15, 0.2) is 0 Å². The first kappa shape index (κ1) is 19.4. The lowest BCUT2D eigenvalue weighted by molar-refractivity contribution is -0.136. The highest BCUT2D eigenvalue weighted by atomic mass is 35.5. The number of nitrogens with one attached hydrogen (secondary N) is 1. The van der Waals surface area contributed by atoms with Gasteiger partial charge < -0.3 is 16.0 Å². The minimum atomic E-state index is -1.02. The Balaban J connectivity index is 1.79. The van der Waals surface area contributed by atoms with Crippen LogP contribution in [0.5, 0.6) is 0 Å². The van der Waals surface area contributed by atoms with E-state index in [1.165, 1.54) is 0 Å². The van der Waals surface area contributed by atoms with Gasteiger partial charge in [0.2, 0.25) is 11.8 Å². The van der Waals surface area contributed by atoms with Gasteiger partial charge in [-0.15, -0.1) is 11.3 Å². The Hall–Kier alpha value is -2.38. The number of likely N-dealkylation sites (tertiary alicyclic amines) is 1. The average Bonchev–Trinajstić information content (AvgIpc) is 3.31. The van der Waals surface area contributed by atoms with Gasteiger partial charge in [0.1, 0.15) is 6.04 Å². The van der Waals surface area contributed by atoms with Crippen LogP contribution in [0.15, 0.2) is 41.8 Å². The fourth-order valence-electron chi connectivity index (χ4n) is 3.29. The topological polar surface area (TPSA) is 92.5 Å². The van der Waals surface area contributed by atoms with Crippen LogP contribution in [0.1, 0.15) is 40.5 Å². The van der Waals surface area contributed by atoms with E-state index in [0.717, 1.165) is 17.7 Å². The van der Waals surface area contributed by atoms with Crippen LogP contribution in [0.4, 0.5) is 0 Å². The van der Waals surface area contributed by atoms with Gasteiger partial charge in [-0.3, -0.25) is 14.4 Å². The first-order valence-electron chi connectivity index (χ1n) is 8.65. The molecule has 1 saturated heterocycles. The van der Waals surface area contributed by atoms with Gasteiger partial charge in [-0.2, -0.15) is 0 Å². The number of halogens is 1. The van der Waals surface area contributed by atoms with E-state index in [9.17, 15) is 14.4 Å². The monoisotopic (exact) mass is 405 g/mol. The summed E-state index contributed by atoms with van der Waals surface area (Å²) in [5, 5.41) is 4.88. The zero-order valence-electron chi connectivity index (χ0n) is 14.6. The molecule has 142 valence electrons. The Kier molecular flexibility index (Phi) is 6.13. The molecule has 0 spiro atoms. The predicted octanol–water partition coefficient (Wildman–Crippen LogP) is 2.74. The van der Waals surface area contributed by atoms with Crippen LogP contribution in [-0.4, -0.2) is 35.2 Å². The summed E-state index contributed by atoms with van der Waals surface area (Å²) < 4.78 is 0. The van der Waals surface area contributed by atoms with Gasteiger partial charge in [-0.1, -0.05) is 29.8 Å². The minimum Gasteiger partial charge on any atom is -0.370 e. The van der Waals surface area contributed by atoms with Crippen molar-refractivity contribution in [1.29, 1.82) is 0 Å². The van der Waals surface area contributed by atoms with Gasteiger partial charge in [-0.05, 0) is 36.4 Å². The lowest BCUT2D eigenvalue weighted by Crippen LogP contribution is -2.50. The molecule has 2 heterocycles. The first-order chi connectivity index (χ1) is 13.0. The van der Waals surface area contributed by atoms with Crippen molar-refractivity contribution in [3.63, 3.8) is 0 Å². The number of nitrogens with zero attached hydrogens (tertiary/aromatic N) is 1. The van der Waals surface area contributed by atoms with Crippen LogP contribution >= 0.6 is 22.9 Å². The van der Waals surface area contributed by atoms with E-state index in [4.69, 9.17) is 17.3 Å². The molecule has 1 aromatic carbocycles. The Bertz CT molecular complexity index is 840. The number of thiophene rings is 1. The molecule has 0 radical (unpaired) electrons. The number of benzene rings is 1. The molecular formula is C19H20ClN3O3S. The quantitative estimate of drug-likeness (QED) is 0.773. The van der Waals surface area contributed by atoms with E-state index in [-0.39, 0.29) is 29.0 Å². The van der Waals surface area contributed by atoms with E-state index in [1.807, 2.05) is 17.5 Å². The summed E-state index contributed by atoms with van der Waals surface area (Å²) >= 11 is 7.65. The Morgan fingerprint density at radius 3 is 2.70 bits per heavy atom. The molecule has 6 nitrogen and oxygen atoms in total. The summed E-state index contributed by atoms with van der Waals surface area (Å²) in [4.78, 5) is 40.0. The van der Waals surface area contributed by atoms with Crippen LogP contribution in [0.2, 0.25) is 5.02 Å². The average molecular weight is 406 g/mol. The number of primary amides is 1. The van der Waals surface area contributed by atoms with Crippen LogP contribution in [0.3, 0.4) is 0 Å². The van der Waals surface area contributed by atoms with Crippen LogP contribution in [0.25, 0.3) is 0 Å². The number of carbonyl (C=O) groups excluding carboxylic acids is 3. The summed E-state index contributed by atoms with van der Waals surface area (Å²) in [5.74, 6) is -1.46. The van der Waals surface area contributed by atoms with E-state index in [2.05, 4.69) is 5.32 Å². The second kappa shape index (κ2) is 8.54. The van der Waals surface area contributed by atoms with E-state index < -0.39 is 17.9 Å². The molecule has 3 rings (SSSR count). The maximum atomic E-state index is 13.1. The smallest absolute Gasteiger partial charge is 0.253 e. The fraction of sp³-hybridized carbons (Fsp3) is 0.316. The zero-order valence-corrected chi connectivity index (χ0v) is 16.1. The number of hydrogen-bond donors (Lipinski definition) is 2. The maximum Gasteiger partial charge on any atom is 0.253 e. The molecule has 1 aromatic heterocycles. The third kappa shape index (κ3) is 4.48. The molecule has 0 saturated carbocycles. The van der Waals surface area contributed by atoms with Gasteiger partial charge >= 0.3 is 0 Å². The van der Waals surface area contributed by atoms with E-state index >= 15 is 0 Å². The number of nitrogens with two attached hydrogens (primary N) is 1. The highest BCUT2D eigenvalue weighted by molar-refractivity contribution is 7.10. The van der Waals surface area contributed by atoms with E-state index in [1.54, 1.807) is 40.5 Å². The molecule has 3 N–H and O–H groups in total. The van der Waals surface area contributed by atoms with Crippen LogP contribution in [-0.2, 0) is 9.59 Å². The molecule has 1 aliphatic rings. The largest absolute Gasteiger partial charge is 0.370 e. The summed E-state index contributed by atoms with van der Waals surface area (Å²) in [6, 6.07) is 9.42. The third-order valence-electron chi connectivity index (χ3n) is 4.53. The first-order valence-corrected chi connectivity index (χ1v) is 9.90. The molecule has 8 heteroatoms.